The van der Waals surface area contributed by atoms with Crippen LogP contribution in [0.5, 0.6) is 0 Å². The van der Waals surface area contributed by atoms with Gasteiger partial charge in [-0.25, -0.2) is 0 Å². The number of hydrogen-bond acceptors (Lipinski definition) is 2. The summed E-state index contributed by atoms with van der Waals surface area (Å²) in [5, 5.41) is 9.14. The maximum atomic E-state index is 11.1. The van der Waals surface area contributed by atoms with E-state index in [1.165, 1.54) is 19.3 Å². The Bertz CT molecular complexity index is 301. The summed E-state index contributed by atoms with van der Waals surface area (Å²) < 4.78 is 0. The van der Waals surface area contributed by atoms with Crippen molar-refractivity contribution in [2.45, 2.75) is 32.6 Å². The van der Waals surface area contributed by atoms with Crippen molar-refractivity contribution in [1.29, 1.82) is 0 Å². The monoisotopic (exact) mass is 237 g/mol. The van der Waals surface area contributed by atoms with E-state index in [2.05, 4.69) is 24.0 Å². The molecule has 96 valence electrons. The highest BCUT2D eigenvalue weighted by Crippen LogP contribution is 2.25. The minimum absolute atomic E-state index is 0.155. The molecule has 1 aliphatic heterocycles. The summed E-state index contributed by atoms with van der Waals surface area (Å²) in [7, 11) is 0. The van der Waals surface area contributed by atoms with Crippen LogP contribution in [0.2, 0.25) is 0 Å². The first kappa shape index (κ1) is 12.6. The van der Waals surface area contributed by atoms with Crippen LogP contribution in [-0.4, -0.2) is 35.6 Å². The molecule has 3 unspecified atom stereocenters. The van der Waals surface area contributed by atoms with E-state index in [4.69, 9.17) is 5.11 Å². The molecule has 0 aromatic rings. The molecule has 0 aromatic heterocycles. The first-order valence-corrected chi connectivity index (χ1v) is 6.75. The van der Waals surface area contributed by atoms with Crippen LogP contribution in [-0.2, 0) is 4.79 Å². The lowest BCUT2D eigenvalue weighted by Gasteiger charge is -2.37. The Balaban J connectivity index is 1.87. The van der Waals surface area contributed by atoms with Crippen molar-refractivity contribution >= 4 is 5.97 Å². The molecule has 3 heteroatoms. The number of carboxylic acid groups (broad SMARTS) is 1. The molecule has 0 bridgehead atoms. The Morgan fingerprint density at radius 2 is 2.24 bits per heavy atom. The van der Waals surface area contributed by atoms with Crippen LogP contribution < -0.4 is 0 Å². The smallest absolute Gasteiger partial charge is 0.307 e. The van der Waals surface area contributed by atoms with Crippen molar-refractivity contribution in [3.63, 3.8) is 0 Å². The van der Waals surface area contributed by atoms with Gasteiger partial charge in [0.2, 0.25) is 0 Å². The van der Waals surface area contributed by atoms with E-state index in [0.29, 0.717) is 5.92 Å². The van der Waals surface area contributed by atoms with Gasteiger partial charge >= 0.3 is 5.97 Å². The van der Waals surface area contributed by atoms with Crippen molar-refractivity contribution in [1.82, 2.24) is 4.90 Å². The molecule has 1 heterocycles. The molecule has 0 aromatic carbocycles. The Morgan fingerprint density at radius 3 is 2.88 bits per heavy atom. The number of hydrogen-bond donors (Lipinski definition) is 1. The number of aliphatic carboxylic acids is 1. The van der Waals surface area contributed by atoms with Gasteiger partial charge in [0, 0.05) is 19.6 Å². The molecule has 1 fully saturated rings. The number of rotatable bonds is 3. The highest BCUT2D eigenvalue weighted by molar-refractivity contribution is 5.70. The van der Waals surface area contributed by atoms with E-state index in [1.807, 2.05) is 0 Å². The van der Waals surface area contributed by atoms with Crippen LogP contribution in [0.3, 0.4) is 0 Å². The van der Waals surface area contributed by atoms with Crippen LogP contribution in [0, 0.1) is 17.8 Å². The van der Waals surface area contributed by atoms with Gasteiger partial charge in [0.1, 0.15) is 0 Å². The van der Waals surface area contributed by atoms with Crippen molar-refractivity contribution in [2.75, 3.05) is 19.6 Å². The van der Waals surface area contributed by atoms with Gasteiger partial charge < -0.3 is 10.0 Å². The summed E-state index contributed by atoms with van der Waals surface area (Å²) in [5.41, 5.74) is 0. The SMILES string of the molecule is CC1CC(C(=O)O)CN(CC2CC=CCC2)C1. The normalized spacial score (nSPS) is 34.8. The predicted molar refractivity (Wildman–Crippen MR) is 67.8 cm³/mol. The van der Waals surface area contributed by atoms with E-state index >= 15 is 0 Å². The van der Waals surface area contributed by atoms with Gasteiger partial charge in [-0.3, -0.25) is 4.79 Å². The van der Waals surface area contributed by atoms with Crippen LogP contribution >= 0.6 is 0 Å². The summed E-state index contributed by atoms with van der Waals surface area (Å²) >= 11 is 0. The van der Waals surface area contributed by atoms with Crippen molar-refractivity contribution in [2.24, 2.45) is 17.8 Å². The molecule has 2 aliphatic rings. The molecule has 3 atom stereocenters. The molecule has 3 nitrogen and oxygen atoms in total. The first-order valence-electron chi connectivity index (χ1n) is 6.75. The molecule has 1 N–H and O–H groups in total. The third-order valence-electron chi connectivity index (χ3n) is 3.98. The third-order valence-corrected chi connectivity index (χ3v) is 3.98. The van der Waals surface area contributed by atoms with Crippen molar-refractivity contribution in [3.8, 4) is 0 Å². The zero-order valence-electron chi connectivity index (χ0n) is 10.6. The number of carbonyl (C=O) groups is 1. The fourth-order valence-electron chi connectivity index (χ4n) is 3.18. The summed E-state index contributed by atoms with van der Waals surface area (Å²) in [6, 6.07) is 0. The van der Waals surface area contributed by atoms with Crippen LogP contribution in [0.25, 0.3) is 0 Å². The number of carboxylic acids is 1. The van der Waals surface area contributed by atoms with E-state index in [1.54, 1.807) is 0 Å². The van der Waals surface area contributed by atoms with Gasteiger partial charge in [0.15, 0.2) is 0 Å². The summed E-state index contributed by atoms with van der Waals surface area (Å²) in [5.74, 6) is 0.478. The lowest BCUT2D eigenvalue weighted by Crippen LogP contribution is -2.44. The van der Waals surface area contributed by atoms with E-state index < -0.39 is 5.97 Å². The molecule has 0 radical (unpaired) electrons. The average molecular weight is 237 g/mol. The molecule has 0 saturated carbocycles. The standard InChI is InChI=1S/C14H23NO2/c1-11-7-13(14(16)17)10-15(8-11)9-12-5-3-2-4-6-12/h2-3,11-13H,4-10H2,1H3,(H,16,17). The maximum Gasteiger partial charge on any atom is 0.307 e. The predicted octanol–water partition coefficient (Wildman–Crippen LogP) is 2.39. The second kappa shape index (κ2) is 5.67. The van der Waals surface area contributed by atoms with Crippen LogP contribution in [0.4, 0.5) is 0 Å². The summed E-state index contributed by atoms with van der Waals surface area (Å²) in [6.45, 7) is 5.07. The van der Waals surface area contributed by atoms with Gasteiger partial charge in [-0.15, -0.1) is 0 Å². The highest BCUT2D eigenvalue weighted by Gasteiger charge is 2.30. The van der Waals surface area contributed by atoms with Crippen molar-refractivity contribution in [3.05, 3.63) is 12.2 Å². The first-order chi connectivity index (χ1) is 8.15. The zero-order valence-corrected chi connectivity index (χ0v) is 10.6. The largest absolute Gasteiger partial charge is 0.481 e. The average Bonchev–Trinajstić information content (AvgIpc) is 2.29. The van der Waals surface area contributed by atoms with Gasteiger partial charge in [-0.2, -0.15) is 0 Å². The molecule has 0 spiro atoms. The minimum atomic E-state index is -0.620. The molecule has 1 aliphatic carbocycles. The fourth-order valence-corrected chi connectivity index (χ4v) is 3.18. The quantitative estimate of drug-likeness (QED) is 0.766. The Kier molecular flexibility index (Phi) is 4.21. The molecule has 0 amide bonds. The van der Waals surface area contributed by atoms with Gasteiger partial charge in [-0.05, 0) is 37.5 Å². The maximum absolute atomic E-state index is 11.1. The molecule has 17 heavy (non-hydrogen) atoms. The number of piperidine rings is 1. The van der Waals surface area contributed by atoms with Crippen molar-refractivity contribution < 1.29 is 9.90 Å². The second-order valence-corrected chi connectivity index (χ2v) is 5.75. The molecular formula is C14H23NO2. The Morgan fingerprint density at radius 1 is 1.41 bits per heavy atom. The van der Waals surface area contributed by atoms with E-state index in [-0.39, 0.29) is 5.92 Å². The number of allylic oxidation sites excluding steroid dienone is 2. The summed E-state index contributed by atoms with van der Waals surface area (Å²) in [6.07, 6.45) is 9.00. The lowest BCUT2D eigenvalue weighted by molar-refractivity contribution is -0.144. The van der Waals surface area contributed by atoms with Gasteiger partial charge in [-0.1, -0.05) is 19.1 Å². The van der Waals surface area contributed by atoms with Crippen LogP contribution in [0.15, 0.2) is 12.2 Å². The lowest BCUT2D eigenvalue weighted by atomic mass is 9.88. The Hall–Kier alpha value is -0.830. The molecule has 1 saturated heterocycles. The van der Waals surface area contributed by atoms with Gasteiger partial charge in [0.25, 0.3) is 0 Å². The summed E-state index contributed by atoms with van der Waals surface area (Å²) in [4.78, 5) is 13.5. The zero-order chi connectivity index (χ0) is 12.3. The van der Waals surface area contributed by atoms with E-state index in [0.717, 1.165) is 32.0 Å². The fraction of sp³-hybridized carbons (Fsp3) is 0.786. The number of nitrogens with zero attached hydrogens (tertiary/aromatic N) is 1. The second-order valence-electron chi connectivity index (χ2n) is 5.75. The third kappa shape index (κ3) is 3.56. The van der Waals surface area contributed by atoms with Crippen LogP contribution in [0.1, 0.15) is 32.6 Å². The minimum Gasteiger partial charge on any atom is -0.481 e. The molecule has 2 rings (SSSR count). The molecular weight excluding hydrogens is 214 g/mol. The topological polar surface area (TPSA) is 40.5 Å². The number of likely N-dealkylation sites (tertiary alicyclic amines) is 1. The Labute approximate surface area is 103 Å². The van der Waals surface area contributed by atoms with Gasteiger partial charge in [0.05, 0.1) is 5.92 Å². The van der Waals surface area contributed by atoms with E-state index in [9.17, 15) is 4.79 Å². The highest BCUT2D eigenvalue weighted by atomic mass is 16.4.